The van der Waals surface area contributed by atoms with E-state index in [2.05, 4.69) is 12.1 Å². The minimum Gasteiger partial charge on any atom is -0.409 e. The maximum Gasteiger partial charge on any atom is 0.236 e. The second-order valence-electron chi connectivity index (χ2n) is 7.86. The first-order valence-corrected chi connectivity index (χ1v) is 7.49. The molecule has 1 aliphatic carbocycles. The summed E-state index contributed by atoms with van der Waals surface area (Å²) in [5.74, 6) is 0.407. The quantitative estimate of drug-likeness (QED) is 0.350. The van der Waals surface area contributed by atoms with Crippen molar-refractivity contribution in [3.05, 3.63) is 0 Å². The fourth-order valence-electron chi connectivity index (χ4n) is 3.95. The van der Waals surface area contributed by atoms with E-state index in [4.69, 9.17) is 15.7 Å². The van der Waals surface area contributed by atoms with Gasteiger partial charge in [-0.2, -0.15) is 0 Å². The van der Waals surface area contributed by atoms with Gasteiger partial charge < -0.3 is 20.6 Å². The molecule has 2 rings (SSSR count). The van der Waals surface area contributed by atoms with E-state index in [-0.39, 0.29) is 11.7 Å². The summed E-state index contributed by atoms with van der Waals surface area (Å²) in [4.78, 5) is 14.8. The highest BCUT2D eigenvalue weighted by atomic mass is 16.5. The standard InChI is InChI=1S/C15H27N3O3/c1-10-6-15(7-10,11(16)17-20)12(19)18-8-13(2,3)21-14(4,5)9-18/h10,20H,6-9H2,1-5H3,(H2,16,17). The summed E-state index contributed by atoms with van der Waals surface area (Å²) < 4.78 is 6.01. The molecule has 1 saturated carbocycles. The van der Waals surface area contributed by atoms with Crippen molar-refractivity contribution in [1.29, 1.82) is 0 Å². The van der Waals surface area contributed by atoms with Crippen LogP contribution in [0.3, 0.4) is 0 Å². The van der Waals surface area contributed by atoms with Gasteiger partial charge in [0.25, 0.3) is 0 Å². The predicted molar refractivity (Wildman–Crippen MR) is 80.1 cm³/mol. The van der Waals surface area contributed by atoms with E-state index in [0.29, 0.717) is 31.8 Å². The van der Waals surface area contributed by atoms with E-state index < -0.39 is 16.6 Å². The largest absolute Gasteiger partial charge is 0.409 e. The highest BCUT2D eigenvalue weighted by Crippen LogP contribution is 2.48. The average molecular weight is 297 g/mol. The predicted octanol–water partition coefficient (Wildman–Crippen LogP) is 1.57. The molecule has 1 heterocycles. The molecule has 21 heavy (non-hydrogen) atoms. The third-order valence-electron chi connectivity index (χ3n) is 4.38. The topological polar surface area (TPSA) is 88.2 Å². The number of oxime groups is 1. The lowest BCUT2D eigenvalue weighted by molar-refractivity contribution is -0.194. The molecule has 2 aliphatic rings. The number of hydrogen-bond acceptors (Lipinski definition) is 4. The third kappa shape index (κ3) is 2.86. The number of hydrogen-bond donors (Lipinski definition) is 2. The van der Waals surface area contributed by atoms with Crippen molar-refractivity contribution < 1.29 is 14.7 Å². The molecule has 0 aromatic heterocycles. The number of carbonyl (C=O) groups excluding carboxylic acids is 1. The van der Waals surface area contributed by atoms with Crippen LogP contribution in [-0.4, -0.2) is 46.1 Å². The molecule has 0 unspecified atom stereocenters. The molecule has 1 amide bonds. The number of amidine groups is 1. The summed E-state index contributed by atoms with van der Waals surface area (Å²) in [6.07, 6.45) is 1.28. The Hall–Kier alpha value is -1.30. The van der Waals surface area contributed by atoms with Gasteiger partial charge in [0.05, 0.1) is 11.2 Å². The van der Waals surface area contributed by atoms with Crippen LogP contribution in [0, 0.1) is 11.3 Å². The molecule has 6 nitrogen and oxygen atoms in total. The first-order chi connectivity index (χ1) is 9.51. The molecule has 0 atom stereocenters. The van der Waals surface area contributed by atoms with Crippen molar-refractivity contribution in [2.45, 2.75) is 58.7 Å². The summed E-state index contributed by atoms with van der Waals surface area (Å²) in [6.45, 7) is 11.0. The molecule has 3 N–H and O–H groups in total. The van der Waals surface area contributed by atoms with Gasteiger partial charge in [-0.3, -0.25) is 4.79 Å². The molecule has 0 aromatic rings. The van der Waals surface area contributed by atoms with Crippen LogP contribution >= 0.6 is 0 Å². The van der Waals surface area contributed by atoms with E-state index in [1.807, 2.05) is 32.6 Å². The molecule has 0 spiro atoms. The Labute approximate surface area is 126 Å². The molecule has 1 saturated heterocycles. The monoisotopic (exact) mass is 297 g/mol. The van der Waals surface area contributed by atoms with Gasteiger partial charge in [-0.25, -0.2) is 0 Å². The number of nitrogens with two attached hydrogens (primary N) is 1. The van der Waals surface area contributed by atoms with Gasteiger partial charge >= 0.3 is 0 Å². The first-order valence-electron chi connectivity index (χ1n) is 7.49. The molecule has 1 aliphatic heterocycles. The normalized spacial score (nSPS) is 35.2. The number of rotatable bonds is 2. The summed E-state index contributed by atoms with van der Waals surface area (Å²) in [6, 6.07) is 0. The zero-order valence-electron chi connectivity index (χ0n) is 13.6. The lowest BCUT2D eigenvalue weighted by Gasteiger charge is -2.52. The van der Waals surface area contributed by atoms with Crippen molar-refractivity contribution in [1.82, 2.24) is 4.90 Å². The number of ether oxygens (including phenoxy) is 1. The fourth-order valence-corrected chi connectivity index (χ4v) is 3.95. The van der Waals surface area contributed by atoms with Crippen LogP contribution < -0.4 is 5.73 Å². The molecule has 0 aromatic carbocycles. The SMILES string of the molecule is CC1CC(C(=O)N2CC(C)(C)OC(C)(C)C2)(C(N)=NO)C1. The van der Waals surface area contributed by atoms with Crippen LogP contribution in [0.5, 0.6) is 0 Å². The minimum absolute atomic E-state index is 0.0349. The maximum atomic E-state index is 13.0. The Morgan fingerprint density at radius 3 is 2.10 bits per heavy atom. The van der Waals surface area contributed by atoms with Gasteiger partial charge in [0.1, 0.15) is 5.41 Å². The minimum atomic E-state index is -0.836. The smallest absolute Gasteiger partial charge is 0.236 e. The number of morpholine rings is 1. The Kier molecular flexibility index (Phi) is 3.72. The number of carbonyl (C=O) groups is 1. The van der Waals surface area contributed by atoms with Crippen LogP contribution in [-0.2, 0) is 9.53 Å². The van der Waals surface area contributed by atoms with Gasteiger partial charge in [-0.15, -0.1) is 0 Å². The summed E-state index contributed by atoms with van der Waals surface area (Å²) >= 11 is 0. The molecule has 6 heteroatoms. The van der Waals surface area contributed by atoms with Crippen molar-refractivity contribution in [2.75, 3.05) is 13.1 Å². The van der Waals surface area contributed by atoms with E-state index >= 15 is 0 Å². The van der Waals surface area contributed by atoms with Crippen molar-refractivity contribution in [3.8, 4) is 0 Å². The van der Waals surface area contributed by atoms with Gasteiger partial charge in [0, 0.05) is 13.1 Å². The van der Waals surface area contributed by atoms with Crippen LogP contribution in [0.4, 0.5) is 0 Å². The lowest BCUT2D eigenvalue weighted by atomic mass is 9.61. The van der Waals surface area contributed by atoms with E-state index in [1.54, 1.807) is 0 Å². The highest BCUT2D eigenvalue weighted by molar-refractivity contribution is 6.07. The second-order valence-corrected chi connectivity index (χ2v) is 7.86. The van der Waals surface area contributed by atoms with Crippen molar-refractivity contribution in [2.24, 2.45) is 22.2 Å². The zero-order valence-corrected chi connectivity index (χ0v) is 13.6. The third-order valence-corrected chi connectivity index (χ3v) is 4.38. The summed E-state index contributed by atoms with van der Waals surface area (Å²) in [7, 11) is 0. The van der Waals surface area contributed by atoms with Crippen LogP contribution in [0.15, 0.2) is 5.16 Å². The second kappa shape index (κ2) is 4.87. The zero-order chi connectivity index (χ0) is 16.1. The number of nitrogens with zero attached hydrogens (tertiary/aromatic N) is 2. The van der Waals surface area contributed by atoms with Crippen LogP contribution in [0.25, 0.3) is 0 Å². The molecular formula is C15H27N3O3. The Morgan fingerprint density at radius 1 is 1.24 bits per heavy atom. The van der Waals surface area contributed by atoms with Crippen molar-refractivity contribution >= 4 is 11.7 Å². The average Bonchev–Trinajstić information content (AvgIpc) is 2.29. The van der Waals surface area contributed by atoms with Gasteiger partial charge in [-0.1, -0.05) is 12.1 Å². The molecule has 120 valence electrons. The van der Waals surface area contributed by atoms with Crippen LogP contribution in [0.1, 0.15) is 47.5 Å². The Morgan fingerprint density at radius 2 is 1.71 bits per heavy atom. The van der Waals surface area contributed by atoms with Gasteiger partial charge in [-0.05, 0) is 46.5 Å². The Balaban J connectivity index is 2.26. The summed E-state index contributed by atoms with van der Waals surface area (Å²) in [5, 5.41) is 12.2. The first kappa shape index (κ1) is 16.1. The van der Waals surface area contributed by atoms with Gasteiger partial charge in [0.2, 0.25) is 5.91 Å². The van der Waals surface area contributed by atoms with E-state index in [1.165, 1.54) is 0 Å². The van der Waals surface area contributed by atoms with E-state index in [0.717, 1.165) is 0 Å². The van der Waals surface area contributed by atoms with Gasteiger partial charge in [0.15, 0.2) is 5.84 Å². The molecular weight excluding hydrogens is 270 g/mol. The fraction of sp³-hybridized carbons (Fsp3) is 0.867. The highest BCUT2D eigenvalue weighted by Gasteiger charge is 2.55. The molecule has 0 radical (unpaired) electrons. The van der Waals surface area contributed by atoms with E-state index in [9.17, 15) is 4.79 Å². The number of amides is 1. The lowest BCUT2D eigenvalue weighted by Crippen LogP contribution is -2.65. The van der Waals surface area contributed by atoms with Crippen molar-refractivity contribution in [3.63, 3.8) is 0 Å². The summed E-state index contributed by atoms with van der Waals surface area (Å²) in [5.41, 5.74) is 4.20. The maximum absolute atomic E-state index is 13.0. The Bertz CT molecular complexity index is 449. The molecule has 0 bridgehead atoms. The van der Waals surface area contributed by atoms with Crippen LogP contribution in [0.2, 0.25) is 0 Å². The molecule has 2 fully saturated rings.